The van der Waals surface area contributed by atoms with Crippen molar-refractivity contribution in [2.75, 3.05) is 19.6 Å². The maximum absolute atomic E-state index is 13.1. The number of rotatable bonds is 7. The number of carbonyl (C=O) groups excluding carboxylic acids is 1. The molecule has 1 heterocycles. The summed E-state index contributed by atoms with van der Waals surface area (Å²) in [5.74, 6) is 0.456. The highest BCUT2D eigenvalue weighted by atomic mass is 32.2. The minimum atomic E-state index is -3.46. The molecule has 1 aliphatic heterocycles. The number of carbonyl (C=O) groups is 1. The molecule has 0 bridgehead atoms. The van der Waals surface area contributed by atoms with Gasteiger partial charge in [-0.3, -0.25) is 4.79 Å². The Morgan fingerprint density at radius 3 is 2.69 bits per heavy atom. The van der Waals surface area contributed by atoms with Gasteiger partial charge >= 0.3 is 0 Å². The normalized spacial score (nSPS) is 18.7. The molecular formula is C19H29N3O3S. The summed E-state index contributed by atoms with van der Waals surface area (Å²) < 4.78 is 27.8. The largest absolute Gasteiger partial charge is 0.337 e. The van der Waals surface area contributed by atoms with E-state index in [4.69, 9.17) is 5.73 Å². The summed E-state index contributed by atoms with van der Waals surface area (Å²) in [6, 6.07) is 4.82. The van der Waals surface area contributed by atoms with Gasteiger partial charge < -0.3 is 10.6 Å². The molecule has 1 fully saturated rings. The summed E-state index contributed by atoms with van der Waals surface area (Å²) in [5.41, 5.74) is 7.72. The average molecular weight is 380 g/mol. The first kappa shape index (κ1) is 19.3. The second-order valence-corrected chi connectivity index (χ2v) is 9.47. The lowest BCUT2D eigenvalue weighted by Crippen LogP contribution is -2.44. The van der Waals surface area contributed by atoms with Crippen molar-refractivity contribution in [2.45, 2.75) is 57.0 Å². The van der Waals surface area contributed by atoms with Gasteiger partial charge in [-0.25, -0.2) is 8.42 Å². The van der Waals surface area contributed by atoms with Crippen LogP contribution in [0.5, 0.6) is 0 Å². The van der Waals surface area contributed by atoms with E-state index in [1.807, 2.05) is 13.0 Å². The van der Waals surface area contributed by atoms with Crippen LogP contribution in [0, 0.1) is 5.92 Å². The molecule has 7 heteroatoms. The van der Waals surface area contributed by atoms with E-state index in [2.05, 4.69) is 0 Å². The van der Waals surface area contributed by atoms with Gasteiger partial charge in [-0.2, -0.15) is 4.31 Å². The molecule has 6 nitrogen and oxygen atoms in total. The Morgan fingerprint density at radius 1 is 1.35 bits per heavy atom. The van der Waals surface area contributed by atoms with Gasteiger partial charge in [0.15, 0.2) is 0 Å². The van der Waals surface area contributed by atoms with Gasteiger partial charge in [0, 0.05) is 26.2 Å². The van der Waals surface area contributed by atoms with Crippen molar-refractivity contribution in [1.29, 1.82) is 0 Å². The van der Waals surface area contributed by atoms with Crippen molar-refractivity contribution in [2.24, 2.45) is 11.7 Å². The number of hydrogen-bond donors (Lipinski definition) is 1. The van der Waals surface area contributed by atoms with Crippen LogP contribution >= 0.6 is 0 Å². The van der Waals surface area contributed by atoms with Crippen LogP contribution in [0.15, 0.2) is 23.1 Å². The number of sulfonamides is 1. The van der Waals surface area contributed by atoms with Gasteiger partial charge in [0.25, 0.3) is 0 Å². The molecule has 0 saturated heterocycles. The molecule has 0 aromatic heterocycles. The predicted octanol–water partition coefficient (Wildman–Crippen LogP) is 1.73. The number of fused-ring (bicyclic) bond motifs is 1. The summed E-state index contributed by atoms with van der Waals surface area (Å²) in [6.45, 7) is 5.97. The van der Waals surface area contributed by atoms with E-state index in [-0.39, 0.29) is 5.91 Å². The lowest BCUT2D eigenvalue weighted by atomic mass is 9.99. The third kappa shape index (κ3) is 4.10. The molecule has 2 N–H and O–H groups in total. The van der Waals surface area contributed by atoms with Gasteiger partial charge in [-0.05, 0) is 61.8 Å². The van der Waals surface area contributed by atoms with Crippen LogP contribution in [0.4, 0.5) is 0 Å². The second kappa shape index (κ2) is 7.66. The molecule has 1 aliphatic carbocycles. The van der Waals surface area contributed by atoms with Gasteiger partial charge in [-0.15, -0.1) is 0 Å². The monoisotopic (exact) mass is 379 g/mol. The molecule has 1 aromatic rings. The predicted molar refractivity (Wildman–Crippen MR) is 101 cm³/mol. The SMILES string of the molecule is CCCN(CC1CC1)S(=O)(=O)c1ccc2c(c1)CCN(C(=O)[C@@H](C)N)C2. The lowest BCUT2D eigenvalue weighted by molar-refractivity contribution is -0.133. The highest BCUT2D eigenvalue weighted by molar-refractivity contribution is 7.89. The number of benzene rings is 1. The van der Waals surface area contributed by atoms with E-state index in [1.54, 1.807) is 28.3 Å². The van der Waals surface area contributed by atoms with E-state index in [1.165, 1.54) is 0 Å². The van der Waals surface area contributed by atoms with Crippen molar-refractivity contribution in [3.05, 3.63) is 29.3 Å². The van der Waals surface area contributed by atoms with Gasteiger partial charge in [0.05, 0.1) is 10.9 Å². The molecule has 3 rings (SSSR count). The van der Waals surface area contributed by atoms with Crippen molar-refractivity contribution >= 4 is 15.9 Å². The first-order valence-electron chi connectivity index (χ1n) is 9.49. The van der Waals surface area contributed by atoms with Crippen molar-refractivity contribution in [3.63, 3.8) is 0 Å². The summed E-state index contributed by atoms with van der Waals surface area (Å²) in [4.78, 5) is 14.2. The Hall–Kier alpha value is -1.44. The van der Waals surface area contributed by atoms with Gasteiger partial charge in [0.1, 0.15) is 0 Å². The lowest BCUT2D eigenvalue weighted by Gasteiger charge is -2.30. The Labute approximate surface area is 156 Å². The Balaban J connectivity index is 1.81. The molecule has 0 radical (unpaired) electrons. The average Bonchev–Trinajstić information content (AvgIpc) is 3.43. The van der Waals surface area contributed by atoms with Crippen LogP contribution < -0.4 is 5.73 Å². The van der Waals surface area contributed by atoms with E-state index < -0.39 is 16.1 Å². The van der Waals surface area contributed by atoms with E-state index in [9.17, 15) is 13.2 Å². The van der Waals surface area contributed by atoms with Crippen LogP contribution in [0.3, 0.4) is 0 Å². The number of nitrogens with two attached hydrogens (primary N) is 1. The third-order valence-corrected chi connectivity index (χ3v) is 7.02. The fourth-order valence-electron chi connectivity index (χ4n) is 3.46. The van der Waals surface area contributed by atoms with Crippen molar-refractivity contribution in [3.8, 4) is 0 Å². The summed E-state index contributed by atoms with van der Waals surface area (Å²) in [7, 11) is -3.46. The fraction of sp³-hybridized carbons (Fsp3) is 0.632. The molecule has 1 amide bonds. The molecule has 0 spiro atoms. The van der Waals surface area contributed by atoms with Crippen LogP contribution in [-0.4, -0.2) is 49.2 Å². The number of nitrogens with zero attached hydrogens (tertiary/aromatic N) is 2. The van der Waals surface area contributed by atoms with Crippen LogP contribution in [0.25, 0.3) is 0 Å². The van der Waals surface area contributed by atoms with Gasteiger partial charge in [-0.1, -0.05) is 13.0 Å². The zero-order chi connectivity index (χ0) is 18.9. The zero-order valence-corrected chi connectivity index (χ0v) is 16.5. The van der Waals surface area contributed by atoms with E-state index >= 15 is 0 Å². The van der Waals surface area contributed by atoms with Crippen molar-refractivity contribution in [1.82, 2.24) is 9.21 Å². The quantitative estimate of drug-likeness (QED) is 0.782. The Bertz CT molecular complexity index is 772. The first-order chi connectivity index (χ1) is 12.3. The molecule has 1 saturated carbocycles. The molecule has 1 aromatic carbocycles. The van der Waals surface area contributed by atoms with E-state index in [0.717, 1.165) is 30.4 Å². The maximum atomic E-state index is 13.1. The van der Waals surface area contributed by atoms with E-state index in [0.29, 0.717) is 43.4 Å². The minimum Gasteiger partial charge on any atom is -0.337 e. The molecule has 0 unspecified atom stereocenters. The second-order valence-electron chi connectivity index (χ2n) is 7.54. The molecular weight excluding hydrogens is 350 g/mol. The Kier molecular flexibility index (Phi) is 5.69. The Morgan fingerprint density at radius 2 is 2.08 bits per heavy atom. The fourth-order valence-corrected chi connectivity index (χ4v) is 5.12. The molecule has 2 aliphatic rings. The number of amides is 1. The summed E-state index contributed by atoms with van der Waals surface area (Å²) in [5, 5.41) is 0. The topological polar surface area (TPSA) is 83.7 Å². The summed E-state index contributed by atoms with van der Waals surface area (Å²) in [6.07, 6.45) is 3.73. The van der Waals surface area contributed by atoms with Crippen LogP contribution in [-0.2, 0) is 27.8 Å². The van der Waals surface area contributed by atoms with Crippen LogP contribution in [0.1, 0.15) is 44.2 Å². The third-order valence-electron chi connectivity index (χ3n) is 5.16. The van der Waals surface area contributed by atoms with Gasteiger partial charge in [0.2, 0.25) is 15.9 Å². The maximum Gasteiger partial charge on any atom is 0.243 e. The minimum absolute atomic E-state index is 0.0640. The molecule has 26 heavy (non-hydrogen) atoms. The zero-order valence-electron chi connectivity index (χ0n) is 15.6. The smallest absolute Gasteiger partial charge is 0.243 e. The molecule has 1 atom stereocenters. The highest BCUT2D eigenvalue weighted by Gasteiger charge is 2.32. The van der Waals surface area contributed by atoms with Crippen LogP contribution in [0.2, 0.25) is 0 Å². The highest BCUT2D eigenvalue weighted by Crippen LogP contribution is 2.32. The standard InChI is InChI=1S/C19H29N3O3S/c1-3-9-22(12-15-4-5-15)26(24,25)18-7-6-17-13-21(19(23)14(2)20)10-8-16(17)11-18/h6-7,11,14-15H,3-5,8-10,12-13,20H2,1-2H3/t14-/m1/s1. The van der Waals surface area contributed by atoms with Crippen molar-refractivity contribution < 1.29 is 13.2 Å². The first-order valence-corrected chi connectivity index (χ1v) is 10.9. The summed E-state index contributed by atoms with van der Waals surface area (Å²) >= 11 is 0. The number of hydrogen-bond acceptors (Lipinski definition) is 4. The molecule has 144 valence electrons.